The molecule has 2 heterocycles. The summed E-state index contributed by atoms with van der Waals surface area (Å²) in [4.78, 5) is 18.5. The number of urea groups is 1. The van der Waals surface area contributed by atoms with Crippen LogP contribution >= 0.6 is 0 Å². The SMILES string of the molecule is COCC1CC2OCCN(C(=O)NCc3cccnc3)C2C1. The van der Waals surface area contributed by atoms with Crippen LogP contribution in [0.25, 0.3) is 0 Å². The third-order valence-electron chi connectivity index (χ3n) is 4.46. The van der Waals surface area contributed by atoms with Crippen LogP contribution in [0.3, 0.4) is 0 Å². The monoisotopic (exact) mass is 305 g/mol. The van der Waals surface area contributed by atoms with Gasteiger partial charge in [-0.15, -0.1) is 0 Å². The molecule has 2 aliphatic rings. The molecule has 3 rings (SSSR count). The fraction of sp³-hybridized carbons (Fsp3) is 0.625. The minimum absolute atomic E-state index is 0.0137. The number of fused-ring (bicyclic) bond motifs is 1. The van der Waals surface area contributed by atoms with Gasteiger partial charge >= 0.3 is 6.03 Å². The van der Waals surface area contributed by atoms with Crippen molar-refractivity contribution >= 4 is 6.03 Å². The van der Waals surface area contributed by atoms with Gasteiger partial charge in [0.1, 0.15) is 0 Å². The summed E-state index contributed by atoms with van der Waals surface area (Å²) in [6.45, 7) is 2.51. The van der Waals surface area contributed by atoms with E-state index in [0.29, 0.717) is 25.6 Å². The van der Waals surface area contributed by atoms with Gasteiger partial charge in [0.25, 0.3) is 0 Å². The smallest absolute Gasteiger partial charge is 0.318 e. The Kier molecular flexibility index (Phi) is 4.90. The summed E-state index contributed by atoms with van der Waals surface area (Å²) in [6.07, 6.45) is 5.58. The number of morpholine rings is 1. The zero-order valence-electron chi connectivity index (χ0n) is 12.9. The summed E-state index contributed by atoms with van der Waals surface area (Å²) in [6, 6.07) is 3.99. The van der Waals surface area contributed by atoms with Gasteiger partial charge in [0.15, 0.2) is 0 Å². The molecular weight excluding hydrogens is 282 g/mol. The molecule has 0 bridgehead atoms. The molecule has 1 saturated carbocycles. The largest absolute Gasteiger partial charge is 0.384 e. The number of nitrogens with one attached hydrogen (secondary N) is 1. The van der Waals surface area contributed by atoms with Gasteiger partial charge in [-0.1, -0.05) is 6.07 Å². The van der Waals surface area contributed by atoms with Crippen molar-refractivity contribution in [1.29, 1.82) is 0 Å². The van der Waals surface area contributed by atoms with E-state index in [1.54, 1.807) is 19.5 Å². The summed E-state index contributed by atoms with van der Waals surface area (Å²) in [7, 11) is 1.72. The van der Waals surface area contributed by atoms with Gasteiger partial charge in [0.05, 0.1) is 18.8 Å². The second kappa shape index (κ2) is 7.07. The van der Waals surface area contributed by atoms with Crippen LogP contribution in [0.1, 0.15) is 18.4 Å². The molecule has 6 nitrogen and oxygen atoms in total. The van der Waals surface area contributed by atoms with Gasteiger partial charge in [-0.25, -0.2) is 4.79 Å². The Bertz CT molecular complexity index is 497. The fourth-order valence-electron chi connectivity index (χ4n) is 3.46. The quantitative estimate of drug-likeness (QED) is 0.914. The molecule has 1 aliphatic carbocycles. The third kappa shape index (κ3) is 3.39. The van der Waals surface area contributed by atoms with Gasteiger partial charge in [0.2, 0.25) is 0 Å². The molecule has 1 saturated heterocycles. The normalized spacial score (nSPS) is 27.5. The molecule has 22 heavy (non-hydrogen) atoms. The molecule has 3 unspecified atom stereocenters. The summed E-state index contributed by atoms with van der Waals surface area (Å²) >= 11 is 0. The molecule has 1 aliphatic heterocycles. The highest BCUT2D eigenvalue weighted by molar-refractivity contribution is 5.74. The molecule has 6 heteroatoms. The zero-order valence-corrected chi connectivity index (χ0v) is 12.9. The van der Waals surface area contributed by atoms with Crippen molar-refractivity contribution in [3.63, 3.8) is 0 Å². The topological polar surface area (TPSA) is 63.7 Å². The molecule has 1 N–H and O–H groups in total. The molecular formula is C16H23N3O3. The van der Waals surface area contributed by atoms with Gasteiger partial charge < -0.3 is 19.7 Å². The standard InChI is InChI=1S/C16H23N3O3/c1-21-11-13-7-14-15(8-13)22-6-5-19(14)16(20)18-10-12-3-2-4-17-9-12/h2-4,9,13-15H,5-8,10-11H2,1H3,(H,18,20). The number of nitrogens with zero attached hydrogens (tertiary/aromatic N) is 2. The van der Waals surface area contributed by atoms with Crippen molar-refractivity contribution in [1.82, 2.24) is 15.2 Å². The molecule has 0 spiro atoms. The van der Waals surface area contributed by atoms with E-state index in [4.69, 9.17) is 9.47 Å². The number of pyridine rings is 1. The highest BCUT2D eigenvalue weighted by Crippen LogP contribution is 2.34. The Morgan fingerprint density at radius 2 is 2.45 bits per heavy atom. The first-order valence-electron chi connectivity index (χ1n) is 7.82. The fourth-order valence-corrected chi connectivity index (χ4v) is 3.46. The second-order valence-corrected chi connectivity index (χ2v) is 5.98. The first kappa shape index (κ1) is 15.2. The van der Waals surface area contributed by atoms with Crippen molar-refractivity contribution in [2.75, 3.05) is 26.9 Å². The number of methoxy groups -OCH3 is 1. The van der Waals surface area contributed by atoms with Crippen molar-refractivity contribution < 1.29 is 14.3 Å². The molecule has 1 aromatic rings. The average Bonchev–Trinajstić information content (AvgIpc) is 2.96. The van der Waals surface area contributed by atoms with Crippen LogP contribution in [0.4, 0.5) is 4.79 Å². The lowest BCUT2D eigenvalue weighted by Gasteiger charge is -2.37. The van der Waals surface area contributed by atoms with E-state index in [9.17, 15) is 4.79 Å². The Labute approximate surface area is 130 Å². The van der Waals surface area contributed by atoms with Gasteiger partial charge in [0, 0.05) is 39.2 Å². The lowest BCUT2D eigenvalue weighted by molar-refractivity contribution is -0.0388. The van der Waals surface area contributed by atoms with Crippen LogP contribution in [0.5, 0.6) is 0 Å². The predicted octanol–water partition coefficient (Wildman–Crippen LogP) is 1.42. The Morgan fingerprint density at radius 1 is 1.55 bits per heavy atom. The summed E-state index contributed by atoms with van der Waals surface area (Å²) in [5.41, 5.74) is 1.00. The van der Waals surface area contributed by atoms with Gasteiger partial charge in [-0.2, -0.15) is 0 Å². The summed E-state index contributed by atoms with van der Waals surface area (Å²) < 4.78 is 11.1. The molecule has 0 aromatic carbocycles. The third-order valence-corrected chi connectivity index (χ3v) is 4.46. The lowest BCUT2D eigenvalue weighted by atomic mass is 10.1. The van der Waals surface area contributed by atoms with Crippen LogP contribution in [0.15, 0.2) is 24.5 Å². The maximum atomic E-state index is 12.5. The number of aromatic nitrogens is 1. The van der Waals surface area contributed by atoms with E-state index in [2.05, 4.69) is 10.3 Å². The molecule has 1 aromatic heterocycles. The predicted molar refractivity (Wildman–Crippen MR) is 81.3 cm³/mol. The first-order valence-corrected chi connectivity index (χ1v) is 7.82. The van der Waals surface area contributed by atoms with Crippen molar-refractivity contribution in [3.8, 4) is 0 Å². The van der Waals surface area contributed by atoms with Gasteiger partial charge in [-0.05, 0) is 30.4 Å². The van der Waals surface area contributed by atoms with E-state index in [1.165, 1.54) is 0 Å². The van der Waals surface area contributed by atoms with Crippen LogP contribution in [0, 0.1) is 5.92 Å². The Balaban J connectivity index is 1.57. The number of amides is 2. The number of carbonyl (C=O) groups is 1. The number of rotatable bonds is 4. The van der Waals surface area contributed by atoms with Crippen LogP contribution in [-0.2, 0) is 16.0 Å². The number of hydrogen-bond acceptors (Lipinski definition) is 4. The molecule has 2 amide bonds. The maximum absolute atomic E-state index is 12.5. The number of hydrogen-bond donors (Lipinski definition) is 1. The highest BCUT2D eigenvalue weighted by Gasteiger charge is 2.42. The molecule has 2 fully saturated rings. The molecule has 0 radical (unpaired) electrons. The van der Waals surface area contributed by atoms with Crippen molar-refractivity contribution in [2.24, 2.45) is 5.92 Å². The van der Waals surface area contributed by atoms with Crippen LogP contribution in [0.2, 0.25) is 0 Å². The number of ether oxygens (including phenoxy) is 2. The van der Waals surface area contributed by atoms with E-state index < -0.39 is 0 Å². The Morgan fingerprint density at radius 3 is 3.23 bits per heavy atom. The van der Waals surface area contributed by atoms with E-state index in [-0.39, 0.29) is 18.2 Å². The lowest BCUT2D eigenvalue weighted by Crippen LogP contribution is -2.54. The summed E-state index contributed by atoms with van der Waals surface area (Å²) in [5.74, 6) is 0.478. The zero-order chi connectivity index (χ0) is 15.4. The maximum Gasteiger partial charge on any atom is 0.318 e. The van der Waals surface area contributed by atoms with E-state index >= 15 is 0 Å². The summed E-state index contributed by atoms with van der Waals surface area (Å²) in [5, 5.41) is 2.99. The number of carbonyl (C=O) groups excluding carboxylic acids is 1. The molecule has 120 valence electrons. The minimum atomic E-state index is -0.0137. The van der Waals surface area contributed by atoms with E-state index in [1.807, 2.05) is 17.0 Å². The Hall–Kier alpha value is -1.66. The van der Waals surface area contributed by atoms with Crippen LogP contribution in [-0.4, -0.2) is 54.9 Å². The van der Waals surface area contributed by atoms with Crippen LogP contribution < -0.4 is 5.32 Å². The first-order chi connectivity index (χ1) is 10.8. The molecule has 3 atom stereocenters. The van der Waals surface area contributed by atoms with Crippen molar-refractivity contribution in [3.05, 3.63) is 30.1 Å². The van der Waals surface area contributed by atoms with E-state index in [0.717, 1.165) is 25.0 Å². The average molecular weight is 305 g/mol. The minimum Gasteiger partial charge on any atom is -0.384 e. The van der Waals surface area contributed by atoms with Crippen molar-refractivity contribution in [2.45, 2.75) is 31.5 Å². The van der Waals surface area contributed by atoms with Gasteiger partial charge in [-0.3, -0.25) is 4.98 Å². The second-order valence-electron chi connectivity index (χ2n) is 5.98. The highest BCUT2D eigenvalue weighted by atomic mass is 16.5.